The van der Waals surface area contributed by atoms with Crippen molar-refractivity contribution >= 4 is 12.0 Å². The first-order chi connectivity index (χ1) is 15.2. The molecule has 0 unspecified atom stereocenters. The van der Waals surface area contributed by atoms with Gasteiger partial charge in [-0.3, -0.25) is 4.79 Å². The third-order valence-corrected chi connectivity index (χ3v) is 5.06. The zero-order valence-corrected chi connectivity index (χ0v) is 19.1. The van der Waals surface area contributed by atoms with Gasteiger partial charge in [-0.1, -0.05) is 5.16 Å². The Kier molecular flexibility index (Phi) is 7.22. The Labute approximate surface area is 187 Å². The van der Waals surface area contributed by atoms with Crippen LogP contribution >= 0.6 is 0 Å². The minimum Gasteiger partial charge on any atom is -0.493 e. The molecule has 0 bridgehead atoms. The number of benzene rings is 1. The van der Waals surface area contributed by atoms with Gasteiger partial charge in [0, 0.05) is 24.6 Å². The molecule has 0 aliphatic carbocycles. The molecule has 10 heteroatoms. The first kappa shape index (κ1) is 23.4. The summed E-state index contributed by atoms with van der Waals surface area (Å²) in [6.07, 6.45) is 0.798. The summed E-state index contributed by atoms with van der Waals surface area (Å²) in [6, 6.07) is 5.43. The van der Waals surface area contributed by atoms with E-state index in [0.717, 1.165) is 5.56 Å². The SMILES string of the molecule is COc1ccc(-c2noc(C3CCN(C(=O)CNC(=O)OC(C)(C)C)CC3)n2)cc1OC. The van der Waals surface area contributed by atoms with E-state index in [2.05, 4.69) is 15.5 Å². The van der Waals surface area contributed by atoms with E-state index in [4.69, 9.17) is 18.7 Å². The Hall–Kier alpha value is -3.30. The second kappa shape index (κ2) is 9.88. The first-order valence-corrected chi connectivity index (χ1v) is 10.5. The number of nitrogens with zero attached hydrogens (tertiary/aromatic N) is 3. The summed E-state index contributed by atoms with van der Waals surface area (Å²) in [4.78, 5) is 30.4. The van der Waals surface area contributed by atoms with Crippen molar-refractivity contribution < 1.29 is 28.3 Å². The van der Waals surface area contributed by atoms with Crippen molar-refractivity contribution in [1.29, 1.82) is 0 Å². The number of methoxy groups -OCH3 is 2. The normalized spacial score (nSPS) is 14.7. The second-order valence-corrected chi connectivity index (χ2v) is 8.54. The molecule has 1 aliphatic heterocycles. The van der Waals surface area contributed by atoms with Gasteiger partial charge in [0.25, 0.3) is 0 Å². The topological polar surface area (TPSA) is 116 Å². The molecule has 2 amide bonds. The van der Waals surface area contributed by atoms with E-state index in [1.807, 2.05) is 6.07 Å². The van der Waals surface area contributed by atoms with Gasteiger partial charge in [0.05, 0.1) is 14.2 Å². The summed E-state index contributed by atoms with van der Waals surface area (Å²) in [7, 11) is 3.15. The average molecular weight is 447 g/mol. The van der Waals surface area contributed by atoms with Gasteiger partial charge < -0.3 is 29.0 Å². The summed E-state index contributed by atoms with van der Waals surface area (Å²) in [5, 5.41) is 6.61. The molecule has 2 heterocycles. The lowest BCUT2D eigenvalue weighted by Gasteiger charge is -2.30. The number of ether oxygens (including phenoxy) is 3. The van der Waals surface area contributed by atoms with Crippen LogP contribution in [0.2, 0.25) is 0 Å². The van der Waals surface area contributed by atoms with E-state index < -0.39 is 11.7 Å². The molecule has 0 saturated carbocycles. The number of carbonyl (C=O) groups excluding carboxylic acids is 2. The fourth-order valence-corrected chi connectivity index (χ4v) is 3.44. The molecule has 1 saturated heterocycles. The van der Waals surface area contributed by atoms with Gasteiger partial charge >= 0.3 is 6.09 Å². The molecular formula is C22H30N4O6. The maximum atomic E-state index is 12.4. The second-order valence-electron chi connectivity index (χ2n) is 8.54. The van der Waals surface area contributed by atoms with Crippen LogP contribution in [0, 0.1) is 0 Å². The Bertz CT molecular complexity index is 944. The van der Waals surface area contributed by atoms with Crippen molar-refractivity contribution in [1.82, 2.24) is 20.4 Å². The predicted molar refractivity (Wildman–Crippen MR) is 116 cm³/mol. The lowest BCUT2D eigenvalue weighted by atomic mass is 9.96. The van der Waals surface area contributed by atoms with Crippen LogP contribution in [0.15, 0.2) is 22.7 Å². The number of rotatable bonds is 6. The van der Waals surface area contributed by atoms with E-state index in [1.54, 1.807) is 52.0 Å². The number of aromatic nitrogens is 2. The zero-order valence-electron chi connectivity index (χ0n) is 19.1. The minimum atomic E-state index is -0.606. The highest BCUT2D eigenvalue weighted by Gasteiger charge is 2.28. The molecule has 0 radical (unpaired) electrons. The fourth-order valence-electron chi connectivity index (χ4n) is 3.44. The molecule has 1 fully saturated rings. The lowest BCUT2D eigenvalue weighted by Crippen LogP contribution is -2.44. The van der Waals surface area contributed by atoms with Crippen molar-refractivity contribution in [2.45, 2.75) is 45.1 Å². The average Bonchev–Trinajstić information content (AvgIpc) is 3.26. The first-order valence-electron chi connectivity index (χ1n) is 10.5. The molecule has 1 N–H and O–H groups in total. The number of carbonyl (C=O) groups is 2. The maximum absolute atomic E-state index is 12.4. The third kappa shape index (κ3) is 5.89. The number of alkyl carbamates (subject to hydrolysis) is 1. The van der Waals surface area contributed by atoms with Crippen LogP contribution < -0.4 is 14.8 Å². The number of likely N-dealkylation sites (tertiary alicyclic amines) is 1. The van der Waals surface area contributed by atoms with E-state index >= 15 is 0 Å². The van der Waals surface area contributed by atoms with E-state index in [-0.39, 0.29) is 18.4 Å². The molecular weight excluding hydrogens is 416 g/mol. The molecule has 10 nitrogen and oxygen atoms in total. The van der Waals surface area contributed by atoms with Crippen molar-refractivity contribution in [3.05, 3.63) is 24.1 Å². The maximum Gasteiger partial charge on any atom is 0.408 e. The van der Waals surface area contributed by atoms with Crippen molar-refractivity contribution in [3.8, 4) is 22.9 Å². The van der Waals surface area contributed by atoms with E-state index in [9.17, 15) is 9.59 Å². The number of amides is 2. The zero-order chi connectivity index (χ0) is 23.3. The fraction of sp³-hybridized carbons (Fsp3) is 0.545. The van der Waals surface area contributed by atoms with Crippen LogP contribution in [0.5, 0.6) is 11.5 Å². The summed E-state index contributed by atoms with van der Waals surface area (Å²) in [5.41, 5.74) is 0.157. The predicted octanol–water partition coefficient (Wildman–Crippen LogP) is 2.98. The van der Waals surface area contributed by atoms with Gasteiger partial charge in [0.2, 0.25) is 17.6 Å². The summed E-state index contributed by atoms with van der Waals surface area (Å²) < 4.78 is 21.2. The van der Waals surface area contributed by atoms with E-state index in [0.29, 0.717) is 49.1 Å². The van der Waals surface area contributed by atoms with Crippen LogP contribution in [0.25, 0.3) is 11.4 Å². The minimum absolute atomic E-state index is 0.0688. The van der Waals surface area contributed by atoms with Gasteiger partial charge in [-0.15, -0.1) is 0 Å². The number of nitrogens with one attached hydrogen (secondary N) is 1. The van der Waals surface area contributed by atoms with Gasteiger partial charge in [-0.25, -0.2) is 4.79 Å². The monoisotopic (exact) mass is 446 g/mol. The number of hydrogen-bond acceptors (Lipinski definition) is 8. The highest BCUT2D eigenvalue weighted by molar-refractivity contribution is 5.82. The number of piperidine rings is 1. The highest BCUT2D eigenvalue weighted by Crippen LogP contribution is 2.33. The Morgan fingerprint density at radius 2 is 1.84 bits per heavy atom. The molecule has 1 aromatic carbocycles. The molecule has 1 aromatic heterocycles. The Morgan fingerprint density at radius 1 is 1.16 bits per heavy atom. The Morgan fingerprint density at radius 3 is 2.47 bits per heavy atom. The van der Waals surface area contributed by atoms with Crippen LogP contribution in [0.3, 0.4) is 0 Å². The molecule has 32 heavy (non-hydrogen) atoms. The lowest BCUT2D eigenvalue weighted by molar-refractivity contribution is -0.131. The largest absolute Gasteiger partial charge is 0.493 e. The van der Waals surface area contributed by atoms with Crippen molar-refractivity contribution in [3.63, 3.8) is 0 Å². The molecule has 1 aliphatic rings. The van der Waals surface area contributed by atoms with Crippen molar-refractivity contribution in [2.24, 2.45) is 0 Å². The molecule has 0 atom stereocenters. The van der Waals surface area contributed by atoms with Gasteiger partial charge in [0.1, 0.15) is 12.1 Å². The summed E-state index contributed by atoms with van der Waals surface area (Å²) in [5.74, 6) is 2.15. The van der Waals surface area contributed by atoms with E-state index in [1.165, 1.54) is 0 Å². The smallest absolute Gasteiger partial charge is 0.408 e. The van der Waals surface area contributed by atoms with Crippen LogP contribution in [-0.4, -0.2) is 66.5 Å². The quantitative estimate of drug-likeness (QED) is 0.720. The van der Waals surface area contributed by atoms with Crippen LogP contribution in [0.1, 0.15) is 45.4 Å². The molecule has 0 spiro atoms. The van der Waals surface area contributed by atoms with Gasteiger partial charge in [-0.05, 0) is 51.8 Å². The summed E-state index contributed by atoms with van der Waals surface area (Å²) >= 11 is 0. The van der Waals surface area contributed by atoms with Gasteiger partial charge in [-0.2, -0.15) is 4.98 Å². The molecule has 174 valence electrons. The van der Waals surface area contributed by atoms with Crippen LogP contribution in [0.4, 0.5) is 4.79 Å². The molecule has 3 rings (SSSR count). The number of hydrogen-bond donors (Lipinski definition) is 1. The highest BCUT2D eigenvalue weighted by atomic mass is 16.6. The third-order valence-electron chi connectivity index (χ3n) is 5.06. The Balaban J connectivity index is 1.53. The summed E-state index contributed by atoms with van der Waals surface area (Å²) in [6.45, 7) is 6.32. The standard InChI is InChI=1S/C22H30N4O6/c1-22(2,3)31-21(28)23-13-18(27)26-10-8-14(9-11-26)20-24-19(25-32-20)15-6-7-16(29-4)17(12-15)30-5/h6-7,12,14H,8-11,13H2,1-5H3,(H,23,28). The van der Waals surface area contributed by atoms with Crippen molar-refractivity contribution in [2.75, 3.05) is 33.9 Å². The van der Waals surface area contributed by atoms with Crippen LogP contribution in [-0.2, 0) is 9.53 Å². The van der Waals surface area contributed by atoms with Gasteiger partial charge in [0.15, 0.2) is 11.5 Å². The molecule has 2 aromatic rings.